The normalized spacial score (nSPS) is 20.6. The first-order valence-electron chi connectivity index (χ1n) is 10.5. The van der Waals surface area contributed by atoms with Crippen molar-refractivity contribution in [1.29, 1.82) is 0 Å². The Balaban J connectivity index is 1.56. The van der Waals surface area contributed by atoms with Gasteiger partial charge >= 0.3 is 0 Å². The van der Waals surface area contributed by atoms with E-state index in [9.17, 15) is 14.4 Å². The molecular formula is C21H28N6O3. The summed E-state index contributed by atoms with van der Waals surface area (Å²) in [4.78, 5) is 54.6. The monoisotopic (exact) mass is 412 g/mol. The molecule has 0 saturated carbocycles. The van der Waals surface area contributed by atoms with Crippen LogP contribution in [-0.4, -0.2) is 76.3 Å². The lowest BCUT2D eigenvalue weighted by atomic mass is 9.93. The van der Waals surface area contributed by atoms with E-state index < -0.39 is 6.04 Å². The molecule has 1 N–H and O–H groups in total. The highest BCUT2D eigenvalue weighted by molar-refractivity contribution is 5.88. The summed E-state index contributed by atoms with van der Waals surface area (Å²) in [5, 5.41) is 0.453. The second-order valence-corrected chi connectivity index (χ2v) is 8.41. The Kier molecular flexibility index (Phi) is 5.44. The Morgan fingerprint density at radius 1 is 1.27 bits per heavy atom. The Morgan fingerprint density at radius 2 is 2.07 bits per heavy atom. The van der Waals surface area contributed by atoms with E-state index in [1.807, 2.05) is 32.0 Å². The molecule has 160 valence electrons. The van der Waals surface area contributed by atoms with Crippen molar-refractivity contribution in [3.8, 4) is 0 Å². The summed E-state index contributed by atoms with van der Waals surface area (Å²) in [6.07, 6.45) is 4.62. The second kappa shape index (κ2) is 8.04. The molecule has 2 amide bonds. The largest absolute Gasteiger partial charge is 0.347 e. The van der Waals surface area contributed by atoms with Crippen LogP contribution in [0.2, 0.25) is 0 Å². The molecule has 4 heterocycles. The van der Waals surface area contributed by atoms with Gasteiger partial charge in [-0.3, -0.25) is 14.4 Å². The van der Waals surface area contributed by atoms with Gasteiger partial charge in [-0.25, -0.2) is 9.97 Å². The summed E-state index contributed by atoms with van der Waals surface area (Å²) in [6, 6.07) is 1.46. The number of carbonyl (C=O) groups is 2. The highest BCUT2D eigenvalue weighted by Gasteiger charge is 2.34. The van der Waals surface area contributed by atoms with Crippen LogP contribution in [0.5, 0.6) is 0 Å². The van der Waals surface area contributed by atoms with Gasteiger partial charge in [-0.15, -0.1) is 0 Å². The minimum absolute atomic E-state index is 0.0182. The van der Waals surface area contributed by atoms with E-state index in [2.05, 4.69) is 15.0 Å². The van der Waals surface area contributed by atoms with E-state index in [1.165, 1.54) is 0 Å². The van der Waals surface area contributed by atoms with E-state index in [0.717, 1.165) is 25.0 Å². The number of hydrogen-bond donors (Lipinski definition) is 1. The zero-order chi connectivity index (χ0) is 21.4. The molecule has 9 nitrogen and oxygen atoms in total. The molecule has 2 fully saturated rings. The maximum atomic E-state index is 13.0. The average molecular weight is 412 g/mol. The fourth-order valence-corrected chi connectivity index (χ4v) is 4.39. The van der Waals surface area contributed by atoms with E-state index in [-0.39, 0.29) is 23.3 Å². The van der Waals surface area contributed by atoms with E-state index in [1.54, 1.807) is 16.0 Å². The molecular weight excluding hydrogens is 384 g/mol. The van der Waals surface area contributed by atoms with Crippen LogP contribution in [0.4, 0.5) is 5.95 Å². The summed E-state index contributed by atoms with van der Waals surface area (Å²) in [5.74, 6) is 0.609. The zero-order valence-corrected chi connectivity index (χ0v) is 17.7. The summed E-state index contributed by atoms with van der Waals surface area (Å²) in [5.41, 5.74) is 1.18. The van der Waals surface area contributed by atoms with Gasteiger partial charge in [0.2, 0.25) is 17.8 Å². The second-order valence-electron chi connectivity index (χ2n) is 8.41. The molecule has 30 heavy (non-hydrogen) atoms. The van der Waals surface area contributed by atoms with Crippen molar-refractivity contribution < 1.29 is 9.59 Å². The number of aromatic nitrogens is 3. The molecule has 2 aromatic heterocycles. The molecule has 0 bridgehead atoms. The molecule has 0 aliphatic carbocycles. The fraction of sp³-hybridized carbons (Fsp3) is 0.571. The topological polar surface area (TPSA) is 102 Å². The minimum atomic E-state index is -0.440. The third kappa shape index (κ3) is 3.76. The third-order valence-corrected chi connectivity index (χ3v) is 6.11. The smallest absolute Gasteiger partial charge is 0.259 e. The molecule has 0 unspecified atom stereocenters. The predicted octanol–water partition coefficient (Wildman–Crippen LogP) is 1.10. The van der Waals surface area contributed by atoms with Crippen molar-refractivity contribution in [2.75, 3.05) is 38.6 Å². The number of rotatable bonds is 4. The number of fused-ring (bicyclic) bond motifs is 1. The quantitative estimate of drug-likeness (QED) is 0.807. The van der Waals surface area contributed by atoms with Crippen molar-refractivity contribution in [2.24, 2.45) is 0 Å². The summed E-state index contributed by atoms with van der Waals surface area (Å²) >= 11 is 0. The Hall–Kier alpha value is -2.97. The molecule has 0 spiro atoms. The number of aromatic amines is 1. The number of pyridine rings is 1. The van der Waals surface area contributed by atoms with Crippen molar-refractivity contribution in [2.45, 2.75) is 44.6 Å². The standard InChI is InChI=1S/C21H28N6O3/c1-13(27-9-5-7-18(27)28)20(30)26-8-4-6-14(12-26)16-10-17-15(19(29)23-16)11-22-21(24-17)25(2)3/h10-11,13-14H,4-9,12H2,1-3H3,(H,23,29)/t13-,14+/m0/s1. The SMILES string of the molecule is C[C@@H](C(=O)N1CCC[C@@H](c2cc3nc(N(C)C)ncc3c(=O)[nH]2)C1)N1CCCC1=O. The van der Waals surface area contributed by atoms with Gasteiger partial charge in [0.1, 0.15) is 6.04 Å². The Labute approximate surface area is 175 Å². The minimum Gasteiger partial charge on any atom is -0.347 e. The first-order valence-corrected chi connectivity index (χ1v) is 10.5. The number of nitrogens with one attached hydrogen (secondary N) is 1. The lowest BCUT2D eigenvalue weighted by Gasteiger charge is -2.36. The number of hydrogen-bond acceptors (Lipinski definition) is 6. The lowest BCUT2D eigenvalue weighted by Crippen LogP contribution is -2.50. The summed E-state index contributed by atoms with van der Waals surface area (Å²) in [7, 11) is 3.71. The average Bonchev–Trinajstić information content (AvgIpc) is 3.18. The van der Waals surface area contributed by atoms with Crippen LogP contribution in [0.25, 0.3) is 10.9 Å². The van der Waals surface area contributed by atoms with Crippen molar-refractivity contribution >= 4 is 28.7 Å². The van der Waals surface area contributed by atoms with E-state index >= 15 is 0 Å². The molecule has 2 aliphatic heterocycles. The number of likely N-dealkylation sites (tertiary alicyclic amines) is 2. The number of piperidine rings is 1. The fourth-order valence-electron chi connectivity index (χ4n) is 4.39. The van der Waals surface area contributed by atoms with Crippen molar-refractivity contribution in [3.05, 3.63) is 28.3 Å². The lowest BCUT2D eigenvalue weighted by molar-refractivity contribution is -0.143. The molecule has 2 aliphatic rings. The van der Waals surface area contributed by atoms with Gasteiger partial charge < -0.3 is 19.7 Å². The molecule has 4 rings (SSSR count). The third-order valence-electron chi connectivity index (χ3n) is 6.11. The molecule has 2 aromatic rings. The van der Waals surface area contributed by atoms with Gasteiger partial charge in [0.05, 0.1) is 10.9 Å². The van der Waals surface area contributed by atoms with Crippen molar-refractivity contribution in [1.82, 2.24) is 24.8 Å². The number of carbonyl (C=O) groups excluding carboxylic acids is 2. The number of nitrogens with zero attached hydrogens (tertiary/aromatic N) is 5. The van der Waals surface area contributed by atoms with Gasteiger partial charge in [0, 0.05) is 58.0 Å². The summed E-state index contributed by atoms with van der Waals surface area (Å²) < 4.78 is 0. The number of anilines is 1. The van der Waals surface area contributed by atoms with Gasteiger partial charge in [0.15, 0.2) is 0 Å². The first-order chi connectivity index (χ1) is 14.3. The maximum Gasteiger partial charge on any atom is 0.259 e. The van der Waals surface area contributed by atoms with Crippen molar-refractivity contribution in [3.63, 3.8) is 0 Å². The van der Waals surface area contributed by atoms with Crippen LogP contribution in [0.3, 0.4) is 0 Å². The molecule has 2 saturated heterocycles. The Bertz CT molecular complexity index is 1030. The van der Waals surface area contributed by atoms with Crippen LogP contribution >= 0.6 is 0 Å². The van der Waals surface area contributed by atoms with Crippen LogP contribution in [0.1, 0.15) is 44.2 Å². The van der Waals surface area contributed by atoms with Crippen LogP contribution in [0, 0.1) is 0 Å². The molecule has 2 atom stereocenters. The first kappa shape index (κ1) is 20.3. The van der Waals surface area contributed by atoms with Gasteiger partial charge in [0.25, 0.3) is 5.56 Å². The predicted molar refractivity (Wildman–Crippen MR) is 113 cm³/mol. The van der Waals surface area contributed by atoms with Crippen LogP contribution < -0.4 is 10.5 Å². The highest BCUT2D eigenvalue weighted by atomic mass is 16.2. The highest BCUT2D eigenvalue weighted by Crippen LogP contribution is 2.27. The molecule has 0 radical (unpaired) electrons. The number of H-pyrrole nitrogens is 1. The number of amides is 2. The van der Waals surface area contributed by atoms with Crippen LogP contribution in [-0.2, 0) is 9.59 Å². The van der Waals surface area contributed by atoms with Crippen LogP contribution in [0.15, 0.2) is 17.1 Å². The molecule has 9 heteroatoms. The summed E-state index contributed by atoms with van der Waals surface area (Å²) in [6.45, 7) is 3.66. The molecule has 0 aromatic carbocycles. The van der Waals surface area contributed by atoms with Gasteiger partial charge in [-0.2, -0.15) is 0 Å². The zero-order valence-electron chi connectivity index (χ0n) is 17.7. The van der Waals surface area contributed by atoms with Gasteiger partial charge in [-0.1, -0.05) is 0 Å². The van der Waals surface area contributed by atoms with E-state index in [0.29, 0.717) is 42.9 Å². The van der Waals surface area contributed by atoms with E-state index in [4.69, 9.17) is 0 Å². The Morgan fingerprint density at radius 3 is 2.77 bits per heavy atom. The maximum absolute atomic E-state index is 13.0. The van der Waals surface area contributed by atoms with Gasteiger partial charge in [-0.05, 0) is 32.3 Å².